The van der Waals surface area contributed by atoms with Crippen molar-refractivity contribution < 1.29 is 19.5 Å². The van der Waals surface area contributed by atoms with Gasteiger partial charge < -0.3 is 20.2 Å². The second-order valence-electron chi connectivity index (χ2n) is 7.68. The van der Waals surface area contributed by atoms with E-state index >= 15 is 0 Å². The van der Waals surface area contributed by atoms with Crippen LogP contribution in [0.4, 0.5) is 4.79 Å². The zero-order chi connectivity index (χ0) is 18.4. The minimum absolute atomic E-state index is 0.0627. The first-order valence-electron chi connectivity index (χ1n) is 9.43. The highest BCUT2D eigenvalue weighted by molar-refractivity contribution is 5.84. The number of rotatable bonds is 5. The number of urea groups is 1. The zero-order valence-electron chi connectivity index (χ0n) is 15.4. The van der Waals surface area contributed by atoms with Gasteiger partial charge in [-0.1, -0.05) is 13.8 Å². The molecule has 0 aliphatic carbocycles. The number of piperidine rings is 2. The molecule has 0 saturated carbocycles. The lowest BCUT2D eigenvalue weighted by atomic mass is 9.93. The monoisotopic (exact) mass is 353 g/mol. The molecule has 2 heterocycles. The van der Waals surface area contributed by atoms with Gasteiger partial charge in [0.2, 0.25) is 5.91 Å². The van der Waals surface area contributed by atoms with Crippen LogP contribution in [-0.4, -0.2) is 65.0 Å². The summed E-state index contributed by atoms with van der Waals surface area (Å²) in [7, 11) is 0. The van der Waals surface area contributed by atoms with E-state index in [0.717, 1.165) is 32.2 Å². The van der Waals surface area contributed by atoms with E-state index in [1.165, 1.54) is 4.90 Å². The summed E-state index contributed by atoms with van der Waals surface area (Å²) >= 11 is 0. The standard InChI is InChI=1S/C18H31N3O4/c1-13(2)11-19-18(25)20-8-5-6-14(12-20)10-16(22)21-9-4-3-7-15(21)17(23)24/h13-15H,3-12H2,1-2H3,(H,19,25)(H,23,24). The Kier molecular flexibility index (Phi) is 7.08. The van der Waals surface area contributed by atoms with E-state index < -0.39 is 12.0 Å². The van der Waals surface area contributed by atoms with Crippen LogP contribution < -0.4 is 5.32 Å². The molecule has 0 radical (unpaired) electrons. The Morgan fingerprint density at radius 2 is 1.88 bits per heavy atom. The average Bonchev–Trinajstić information content (AvgIpc) is 2.59. The van der Waals surface area contributed by atoms with Crippen LogP contribution in [0.1, 0.15) is 52.4 Å². The molecule has 7 heteroatoms. The smallest absolute Gasteiger partial charge is 0.326 e. The number of aliphatic carboxylic acids is 1. The van der Waals surface area contributed by atoms with Gasteiger partial charge in [0.15, 0.2) is 0 Å². The minimum atomic E-state index is -0.911. The number of amides is 3. The van der Waals surface area contributed by atoms with Gasteiger partial charge >= 0.3 is 12.0 Å². The van der Waals surface area contributed by atoms with Gasteiger partial charge in [0.1, 0.15) is 6.04 Å². The highest BCUT2D eigenvalue weighted by Crippen LogP contribution is 2.24. The number of carbonyl (C=O) groups excluding carboxylic acids is 2. The lowest BCUT2D eigenvalue weighted by Gasteiger charge is -2.36. The van der Waals surface area contributed by atoms with Crippen LogP contribution in [-0.2, 0) is 9.59 Å². The van der Waals surface area contributed by atoms with E-state index in [1.54, 1.807) is 4.90 Å². The zero-order valence-corrected chi connectivity index (χ0v) is 15.4. The maximum Gasteiger partial charge on any atom is 0.326 e. The third-order valence-corrected chi connectivity index (χ3v) is 5.04. The van der Waals surface area contributed by atoms with Crippen LogP contribution in [0.3, 0.4) is 0 Å². The van der Waals surface area contributed by atoms with E-state index in [9.17, 15) is 19.5 Å². The largest absolute Gasteiger partial charge is 0.480 e. The van der Waals surface area contributed by atoms with Gasteiger partial charge in [-0.3, -0.25) is 4.79 Å². The summed E-state index contributed by atoms with van der Waals surface area (Å²) in [5.41, 5.74) is 0. The Balaban J connectivity index is 1.87. The number of carbonyl (C=O) groups is 3. The minimum Gasteiger partial charge on any atom is -0.480 e. The fourth-order valence-corrected chi connectivity index (χ4v) is 3.67. The van der Waals surface area contributed by atoms with Crippen molar-refractivity contribution in [1.82, 2.24) is 15.1 Å². The number of nitrogens with one attached hydrogen (secondary N) is 1. The summed E-state index contributed by atoms with van der Waals surface area (Å²) in [6.07, 6.45) is 4.38. The summed E-state index contributed by atoms with van der Waals surface area (Å²) in [4.78, 5) is 39.5. The van der Waals surface area contributed by atoms with Crippen molar-refractivity contribution in [2.24, 2.45) is 11.8 Å². The maximum atomic E-state index is 12.6. The molecule has 142 valence electrons. The molecule has 2 rings (SSSR count). The van der Waals surface area contributed by atoms with Crippen LogP contribution in [0.5, 0.6) is 0 Å². The Hall–Kier alpha value is -1.79. The van der Waals surface area contributed by atoms with Crippen molar-refractivity contribution in [1.29, 1.82) is 0 Å². The van der Waals surface area contributed by atoms with E-state index in [0.29, 0.717) is 38.4 Å². The molecule has 0 aromatic carbocycles. The number of nitrogens with zero attached hydrogens (tertiary/aromatic N) is 2. The van der Waals surface area contributed by atoms with Crippen molar-refractivity contribution in [3.8, 4) is 0 Å². The molecule has 2 atom stereocenters. The topological polar surface area (TPSA) is 90.0 Å². The average molecular weight is 353 g/mol. The number of hydrogen-bond donors (Lipinski definition) is 2. The highest BCUT2D eigenvalue weighted by Gasteiger charge is 2.34. The van der Waals surface area contributed by atoms with Gasteiger partial charge in [-0.05, 0) is 43.9 Å². The fourth-order valence-electron chi connectivity index (χ4n) is 3.67. The molecular formula is C18H31N3O4. The van der Waals surface area contributed by atoms with Crippen LogP contribution in [0.2, 0.25) is 0 Å². The van der Waals surface area contributed by atoms with Crippen molar-refractivity contribution in [3.05, 3.63) is 0 Å². The van der Waals surface area contributed by atoms with Gasteiger partial charge in [-0.15, -0.1) is 0 Å². The van der Waals surface area contributed by atoms with E-state index in [2.05, 4.69) is 19.2 Å². The Morgan fingerprint density at radius 1 is 1.12 bits per heavy atom. The van der Waals surface area contributed by atoms with E-state index in [4.69, 9.17) is 0 Å². The highest BCUT2D eigenvalue weighted by atomic mass is 16.4. The molecule has 25 heavy (non-hydrogen) atoms. The summed E-state index contributed by atoms with van der Waals surface area (Å²) in [6.45, 7) is 6.57. The van der Waals surface area contributed by atoms with Gasteiger partial charge in [0, 0.05) is 32.6 Å². The van der Waals surface area contributed by atoms with Crippen LogP contribution in [0, 0.1) is 11.8 Å². The molecular weight excluding hydrogens is 322 g/mol. The van der Waals surface area contributed by atoms with Crippen LogP contribution in [0.25, 0.3) is 0 Å². The molecule has 2 aliphatic rings. The second kappa shape index (κ2) is 9.06. The molecule has 2 aliphatic heterocycles. The first-order chi connectivity index (χ1) is 11.9. The Labute approximate surface area is 149 Å². The van der Waals surface area contributed by atoms with Crippen LogP contribution >= 0.6 is 0 Å². The second-order valence-corrected chi connectivity index (χ2v) is 7.68. The summed E-state index contributed by atoms with van der Waals surface area (Å²) < 4.78 is 0. The first kappa shape index (κ1) is 19.5. The number of hydrogen-bond acceptors (Lipinski definition) is 3. The number of carboxylic acids is 1. The first-order valence-corrected chi connectivity index (χ1v) is 9.43. The molecule has 2 saturated heterocycles. The van der Waals surface area contributed by atoms with Crippen molar-refractivity contribution in [2.75, 3.05) is 26.2 Å². The Bertz CT molecular complexity index is 495. The van der Waals surface area contributed by atoms with Gasteiger partial charge in [-0.2, -0.15) is 0 Å². The third-order valence-electron chi connectivity index (χ3n) is 5.04. The van der Waals surface area contributed by atoms with Gasteiger partial charge in [0.25, 0.3) is 0 Å². The molecule has 2 fully saturated rings. The number of likely N-dealkylation sites (tertiary alicyclic amines) is 2. The molecule has 2 N–H and O–H groups in total. The van der Waals surface area contributed by atoms with E-state index in [1.807, 2.05) is 0 Å². The van der Waals surface area contributed by atoms with Crippen molar-refractivity contribution in [2.45, 2.75) is 58.4 Å². The Morgan fingerprint density at radius 3 is 2.56 bits per heavy atom. The predicted molar refractivity (Wildman–Crippen MR) is 94.1 cm³/mol. The molecule has 0 spiro atoms. The number of carboxylic acid groups (broad SMARTS) is 1. The molecule has 7 nitrogen and oxygen atoms in total. The molecule has 2 unspecified atom stereocenters. The lowest BCUT2D eigenvalue weighted by Crippen LogP contribution is -2.50. The summed E-state index contributed by atoms with van der Waals surface area (Å²) in [6, 6.07) is -0.748. The quantitative estimate of drug-likeness (QED) is 0.790. The summed E-state index contributed by atoms with van der Waals surface area (Å²) in [5, 5.41) is 12.3. The molecule has 0 aromatic rings. The molecule has 0 aromatic heterocycles. The fraction of sp³-hybridized carbons (Fsp3) is 0.833. The molecule has 3 amide bonds. The third kappa shape index (κ3) is 5.61. The van der Waals surface area contributed by atoms with Gasteiger partial charge in [0.05, 0.1) is 0 Å². The maximum absolute atomic E-state index is 12.6. The normalized spacial score (nSPS) is 24.3. The van der Waals surface area contributed by atoms with Crippen molar-refractivity contribution in [3.63, 3.8) is 0 Å². The van der Waals surface area contributed by atoms with Crippen molar-refractivity contribution >= 4 is 17.9 Å². The summed E-state index contributed by atoms with van der Waals surface area (Å²) in [5.74, 6) is -0.478. The van der Waals surface area contributed by atoms with E-state index in [-0.39, 0.29) is 17.9 Å². The molecule has 0 bridgehead atoms. The SMILES string of the molecule is CC(C)CNC(=O)N1CCCC(CC(=O)N2CCCCC2C(=O)O)C1. The van der Waals surface area contributed by atoms with Gasteiger partial charge in [-0.25, -0.2) is 9.59 Å². The van der Waals surface area contributed by atoms with Crippen LogP contribution in [0.15, 0.2) is 0 Å². The lowest BCUT2D eigenvalue weighted by molar-refractivity contribution is -0.152. The predicted octanol–water partition coefficient (Wildman–Crippen LogP) is 1.92.